The largest absolute Gasteiger partial charge is 0.326 e. The normalized spacial score (nSPS) is 22.7. The zero-order valence-corrected chi connectivity index (χ0v) is 19.9. The summed E-state index contributed by atoms with van der Waals surface area (Å²) in [6.45, 7) is 12.9. The van der Waals surface area contributed by atoms with Gasteiger partial charge in [0.05, 0.1) is 0 Å². The van der Waals surface area contributed by atoms with Crippen molar-refractivity contribution in [3.05, 3.63) is 35.4 Å². The van der Waals surface area contributed by atoms with Gasteiger partial charge in [-0.2, -0.15) is 0 Å². The van der Waals surface area contributed by atoms with Crippen LogP contribution in [0.3, 0.4) is 0 Å². The number of nitrogens with zero attached hydrogens (tertiary/aromatic N) is 3. The molecule has 2 aliphatic rings. The Morgan fingerprint density at radius 2 is 1.43 bits per heavy atom. The van der Waals surface area contributed by atoms with E-state index in [1.54, 1.807) is 19.2 Å². The monoisotopic (exact) mass is 413 g/mol. The molecule has 2 saturated heterocycles. The van der Waals surface area contributed by atoms with Gasteiger partial charge in [0, 0.05) is 36.8 Å². The molecular weight excluding hydrogens is 374 g/mol. The zero-order chi connectivity index (χ0) is 22.3. The molecule has 0 bridgehead atoms. The number of carbonyl (C=O) groups is 2. The van der Waals surface area contributed by atoms with E-state index >= 15 is 0 Å². The molecule has 166 valence electrons. The van der Waals surface area contributed by atoms with Gasteiger partial charge in [0.25, 0.3) is 5.91 Å². The van der Waals surface area contributed by atoms with E-state index in [-0.39, 0.29) is 23.0 Å². The van der Waals surface area contributed by atoms with E-state index in [9.17, 15) is 9.59 Å². The van der Waals surface area contributed by atoms with Gasteiger partial charge in [-0.15, -0.1) is 0 Å². The third kappa shape index (κ3) is 4.56. The second-order valence-electron chi connectivity index (χ2n) is 10.7. The van der Waals surface area contributed by atoms with Gasteiger partial charge in [-0.25, -0.2) is 4.79 Å². The van der Waals surface area contributed by atoms with Crippen LogP contribution in [0.4, 0.5) is 4.79 Å². The lowest BCUT2D eigenvalue weighted by Crippen LogP contribution is -2.59. The van der Waals surface area contributed by atoms with Crippen LogP contribution in [0, 0.1) is 18.8 Å². The number of carbonyl (C=O) groups excluding carboxylic acids is 2. The van der Waals surface area contributed by atoms with Crippen LogP contribution in [-0.2, 0) is 0 Å². The minimum atomic E-state index is -0.235. The average molecular weight is 414 g/mol. The standard InChI is InChI=1S/C25H39N3O2/c1-18-8-10-20(11-9-18)22(29)26(6)23(30)28-14-12-19(13-15-28)21-16-24(2,3)27(7)25(4,5)17-21/h8-11,19,21H,12-17H2,1-7H3. The van der Waals surface area contributed by atoms with Crippen LogP contribution < -0.4 is 0 Å². The highest BCUT2D eigenvalue weighted by Gasteiger charge is 2.45. The molecule has 2 fully saturated rings. The van der Waals surface area contributed by atoms with Gasteiger partial charge in [0.1, 0.15) is 0 Å². The first kappa shape index (κ1) is 22.8. The van der Waals surface area contributed by atoms with E-state index in [1.165, 1.54) is 17.7 Å². The second-order valence-corrected chi connectivity index (χ2v) is 10.7. The highest BCUT2D eigenvalue weighted by atomic mass is 16.2. The lowest BCUT2D eigenvalue weighted by atomic mass is 9.67. The Kier molecular flexibility index (Phi) is 6.33. The SMILES string of the molecule is Cc1ccc(C(=O)N(C)C(=O)N2CCC(C3CC(C)(C)N(C)C(C)(C)C3)CC2)cc1. The lowest BCUT2D eigenvalue weighted by Gasteiger charge is -2.55. The predicted octanol–water partition coefficient (Wildman–Crippen LogP) is 4.80. The van der Waals surface area contributed by atoms with E-state index in [0.29, 0.717) is 17.4 Å². The summed E-state index contributed by atoms with van der Waals surface area (Å²) in [4.78, 5) is 31.3. The Hall–Kier alpha value is -1.88. The fourth-order valence-corrected chi connectivity index (χ4v) is 5.53. The molecule has 5 heteroatoms. The number of imide groups is 1. The molecule has 3 rings (SSSR count). The number of urea groups is 1. The van der Waals surface area contributed by atoms with E-state index in [2.05, 4.69) is 39.6 Å². The number of benzene rings is 1. The van der Waals surface area contributed by atoms with Crippen LogP contribution in [0.2, 0.25) is 0 Å². The second kappa shape index (κ2) is 8.33. The summed E-state index contributed by atoms with van der Waals surface area (Å²) in [5, 5.41) is 0. The quantitative estimate of drug-likeness (QED) is 0.700. The Balaban J connectivity index is 1.59. The molecule has 0 saturated carbocycles. The number of rotatable bonds is 2. The predicted molar refractivity (Wildman–Crippen MR) is 122 cm³/mol. The number of piperidine rings is 2. The van der Waals surface area contributed by atoms with Crippen molar-refractivity contribution in [2.24, 2.45) is 11.8 Å². The van der Waals surface area contributed by atoms with Gasteiger partial charge in [0.15, 0.2) is 0 Å². The molecule has 5 nitrogen and oxygen atoms in total. The number of aryl methyl sites for hydroxylation is 1. The molecule has 0 aliphatic carbocycles. The smallest absolute Gasteiger partial charge is 0.324 e. The Labute approximate surface area is 182 Å². The first-order chi connectivity index (χ1) is 13.9. The van der Waals surface area contributed by atoms with Crippen LogP contribution in [0.15, 0.2) is 24.3 Å². The van der Waals surface area contributed by atoms with Gasteiger partial charge in [-0.3, -0.25) is 14.6 Å². The Morgan fingerprint density at radius 1 is 0.933 bits per heavy atom. The van der Waals surface area contributed by atoms with E-state index in [4.69, 9.17) is 0 Å². The topological polar surface area (TPSA) is 43.9 Å². The van der Waals surface area contributed by atoms with Gasteiger partial charge < -0.3 is 4.90 Å². The third-order valence-corrected chi connectivity index (χ3v) is 7.71. The van der Waals surface area contributed by atoms with Crippen molar-refractivity contribution in [2.45, 2.75) is 71.4 Å². The molecule has 1 aromatic rings. The van der Waals surface area contributed by atoms with E-state index < -0.39 is 0 Å². The summed E-state index contributed by atoms with van der Waals surface area (Å²) in [5.74, 6) is 1.11. The zero-order valence-electron chi connectivity index (χ0n) is 19.9. The summed E-state index contributed by atoms with van der Waals surface area (Å²) in [7, 11) is 3.84. The van der Waals surface area contributed by atoms with E-state index in [0.717, 1.165) is 31.5 Å². The summed E-state index contributed by atoms with van der Waals surface area (Å²) in [6, 6.07) is 7.21. The number of hydrogen-bond acceptors (Lipinski definition) is 3. The van der Waals surface area contributed by atoms with Crippen molar-refractivity contribution in [1.29, 1.82) is 0 Å². The number of likely N-dealkylation sites (tertiary alicyclic amines) is 2. The fourth-order valence-electron chi connectivity index (χ4n) is 5.53. The molecule has 0 atom stereocenters. The van der Waals surface area contributed by atoms with Crippen LogP contribution in [0.25, 0.3) is 0 Å². The summed E-state index contributed by atoms with van der Waals surface area (Å²) < 4.78 is 0. The van der Waals surface area contributed by atoms with Crippen LogP contribution in [0.5, 0.6) is 0 Å². The molecule has 2 aliphatic heterocycles. The average Bonchev–Trinajstić information content (AvgIpc) is 2.70. The minimum Gasteiger partial charge on any atom is -0.324 e. The molecule has 2 heterocycles. The van der Waals surface area contributed by atoms with Crippen molar-refractivity contribution in [1.82, 2.24) is 14.7 Å². The molecule has 30 heavy (non-hydrogen) atoms. The maximum absolute atomic E-state index is 12.9. The number of hydrogen-bond donors (Lipinski definition) is 0. The molecule has 0 radical (unpaired) electrons. The maximum Gasteiger partial charge on any atom is 0.326 e. The Morgan fingerprint density at radius 3 is 1.93 bits per heavy atom. The highest BCUT2D eigenvalue weighted by Crippen LogP contribution is 2.45. The van der Waals surface area contributed by atoms with Crippen molar-refractivity contribution in [3.8, 4) is 0 Å². The molecule has 0 N–H and O–H groups in total. The molecular formula is C25H39N3O2. The van der Waals surface area contributed by atoms with Crippen LogP contribution >= 0.6 is 0 Å². The maximum atomic E-state index is 12.9. The molecule has 0 spiro atoms. The van der Waals surface area contributed by atoms with Gasteiger partial charge >= 0.3 is 6.03 Å². The van der Waals surface area contributed by atoms with Crippen LogP contribution in [0.1, 0.15) is 69.3 Å². The van der Waals surface area contributed by atoms with Gasteiger partial charge in [-0.05, 0) is 91.3 Å². The van der Waals surface area contributed by atoms with E-state index in [1.807, 2.05) is 24.0 Å². The van der Waals surface area contributed by atoms with Crippen molar-refractivity contribution < 1.29 is 9.59 Å². The number of amides is 3. The molecule has 0 unspecified atom stereocenters. The summed E-state index contributed by atoms with van der Waals surface area (Å²) >= 11 is 0. The molecule has 3 amide bonds. The van der Waals surface area contributed by atoms with Gasteiger partial charge in [-0.1, -0.05) is 17.7 Å². The fraction of sp³-hybridized carbons (Fsp3) is 0.680. The lowest BCUT2D eigenvalue weighted by molar-refractivity contribution is -0.0503. The van der Waals surface area contributed by atoms with Crippen molar-refractivity contribution in [3.63, 3.8) is 0 Å². The van der Waals surface area contributed by atoms with Gasteiger partial charge in [0.2, 0.25) is 0 Å². The van der Waals surface area contributed by atoms with Crippen LogP contribution in [-0.4, -0.2) is 64.9 Å². The summed E-state index contributed by atoms with van der Waals surface area (Å²) in [5.41, 5.74) is 2.05. The molecule has 0 aromatic heterocycles. The van der Waals surface area contributed by atoms with Crippen molar-refractivity contribution >= 4 is 11.9 Å². The third-order valence-electron chi connectivity index (χ3n) is 7.71. The first-order valence-corrected chi connectivity index (χ1v) is 11.3. The minimum absolute atomic E-state index is 0.178. The highest BCUT2D eigenvalue weighted by molar-refractivity contribution is 6.03. The Bertz CT molecular complexity index is 758. The summed E-state index contributed by atoms with van der Waals surface area (Å²) in [6.07, 6.45) is 4.46. The first-order valence-electron chi connectivity index (χ1n) is 11.3. The molecule has 1 aromatic carbocycles. The van der Waals surface area contributed by atoms with Crippen molar-refractivity contribution in [2.75, 3.05) is 27.2 Å².